The predicted molar refractivity (Wildman–Crippen MR) is 67.6 cm³/mol. The Morgan fingerprint density at radius 3 is 2.94 bits per heavy atom. The van der Waals surface area contributed by atoms with Crippen molar-refractivity contribution in [2.24, 2.45) is 11.8 Å². The summed E-state index contributed by atoms with van der Waals surface area (Å²) in [7, 11) is 0. The highest BCUT2D eigenvalue weighted by molar-refractivity contribution is 5.49. The molecule has 90 valence electrons. The Bertz CT molecular complexity index is 411. The van der Waals surface area contributed by atoms with Crippen LogP contribution in [-0.2, 0) is 0 Å². The molecule has 1 aliphatic carbocycles. The predicted octanol–water partition coefficient (Wildman–Crippen LogP) is 2.38. The largest absolute Gasteiger partial charge is 0.396 e. The third-order valence-corrected chi connectivity index (χ3v) is 3.61. The van der Waals surface area contributed by atoms with Gasteiger partial charge in [0.1, 0.15) is 0 Å². The fourth-order valence-electron chi connectivity index (χ4n) is 2.57. The molecule has 0 heterocycles. The maximum absolute atomic E-state index is 9.24. The molecule has 2 N–H and O–H groups in total. The van der Waals surface area contributed by atoms with Crippen LogP contribution in [0, 0.1) is 23.2 Å². The van der Waals surface area contributed by atoms with Gasteiger partial charge in [0.15, 0.2) is 0 Å². The Morgan fingerprint density at radius 1 is 1.35 bits per heavy atom. The number of aliphatic hydroxyl groups is 1. The summed E-state index contributed by atoms with van der Waals surface area (Å²) in [5, 5.41) is 21.4. The zero-order valence-corrected chi connectivity index (χ0v) is 9.89. The van der Waals surface area contributed by atoms with Gasteiger partial charge in [0, 0.05) is 18.8 Å². The third-order valence-electron chi connectivity index (χ3n) is 3.61. The van der Waals surface area contributed by atoms with Crippen molar-refractivity contribution in [2.75, 3.05) is 18.5 Å². The zero-order valence-electron chi connectivity index (χ0n) is 9.89. The van der Waals surface area contributed by atoms with Crippen LogP contribution >= 0.6 is 0 Å². The number of anilines is 1. The van der Waals surface area contributed by atoms with Crippen LogP contribution in [0.1, 0.15) is 24.8 Å². The summed E-state index contributed by atoms with van der Waals surface area (Å²) in [6, 6.07) is 9.67. The fourth-order valence-corrected chi connectivity index (χ4v) is 2.57. The van der Waals surface area contributed by atoms with Crippen molar-refractivity contribution in [2.45, 2.75) is 19.3 Å². The Labute approximate surface area is 102 Å². The van der Waals surface area contributed by atoms with Gasteiger partial charge in [-0.2, -0.15) is 5.26 Å². The van der Waals surface area contributed by atoms with E-state index in [0.717, 1.165) is 18.7 Å². The molecule has 0 bridgehead atoms. The van der Waals surface area contributed by atoms with Crippen molar-refractivity contribution in [1.29, 1.82) is 5.26 Å². The first-order valence-corrected chi connectivity index (χ1v) is 6.18. The molecule has 0 saturated heterocycles. The minimum Gasteiger partial charge on any atom is -0.396 e. The van der Waals surface area contributed by atoms with E-state index in [-0.39, 0.29) is 0 Å². The molecule has 17 heavy (non-hydrogen) atoms. The molecular weight excluding hydrogens is 212 g/mol. The second-order valence-electron chi connectivity index (χ2n) is 4.71. The molecule has 3 nitrogen and oxygen atoms in total. The second-order valence-corrected chi connectivity index (χ2v) is 4.71. The van der Waals surface area contributed by atoms with Gasteiger partial charge in [0.25, 0.3) is 0 Å². The lowest BCUT2D eigenvalue weighted by Gasteiger charge is -2.18. The quantitative estimate of drug-likeness (QED) is 0.835. The molecule has 1 aromatic carbocycles. The monoisotopic (exact) mass is 230 g/mol. The van der Waals surface area contributed by atoms with Gasteiger partial charge < -0.3 is 10.4 Å². The summed E-state index contributed by atoms with van der Waals surface area (Å²) in [6.07, 6.45) is 3.55. The van der Waals surface area contributed by atoms with E-state index in [1.165, 1.54) is 12.8 Å². The van der Waals surface area contributed by atoms with E-state index in [0.29, 0.717) is 24.0 Å². The van der Waals surface area contributed by atoms with Gasteiger partial charge in [-0.25, -0.2) is 0 Å². The number of aliphatic hydroxyl groups excluding tert-OH is 1. The number of hydrogen-bond donors (Lipinski definition) is 2. The van der Waals surface area contributed by atoms with Crippen LogP contribution in [0.2, 0.25) is 0 Å². The molecule has 0 aliphatic heterocycles. The first kappa shape index (κ1) is 11.9. The molecule has 2 atom stereocenters. The summed E-state index contributed by atoms with van der Waals surface area (Å²) in [5.74, 6) is 1.01. The summed E-state index contributed by atoms with van der Waals surface area (Å²) >= 11 is 0. The highest BCUT2D eigenvalue weighted by Gasteiger charge is 2.26. The topological polar surface area (TPSA) is 56.0 Å². The average molecular weight is 230 g/mol. The minimum atomic E-state index is 0.296. The van der Waals surface area contributed by atoms with E-state index in [1.54, 1.807) is 6.07 Å². The second kappa shape index (κ2) is 5.70. The summed E-state index contributed by atoms with van der Waals surface area (Å²) in [5.41, 5.74) is 1.67. The first-order chi connectivity index (χ1) is 8.33. The van der Waals surface area contributed by atoms with E-state index in [2.05, 4.69) is 11.4 Å². The molecular formula is C14H18N2O. The molecule has 1 aromatic rings. The van der Waals surface area contributed by atoms with Crippen molar-refractivity contribution in [1.82, 2.24) is 0 Å². The standard InChI is InChI=1S/C14H18N2O/c15-8-11-3-1-6-14(7-11)16-9-12-4-2-5-13(12)10-17/h1,3,6-7,12-13,16-17H,2,4-5,9-10H2. The van der Waals surface area contributed by atoms with E-state index >= 15 is 0 Å². The SMILES string of the molecule is N#Cc1cccc(NCC2CCCC2CO)c1. The van der Waals surface area contributed by atoms with Crippen LogP contribution in [0.25, 0.3) is 0 Å². The van der Waals surface area contributed by atoms with Gasteiger partial charge in [-0.05, 0) is 42.9 Å². The molecule has 0 spiro atoms. The molecule has 2 unspecified atom stereocenters. The van der Waals surface area contributed by atoms with Gasteiger partial charge in [-0.3, -0.25) is 0 Å². The van der Waals surface area contributed by atoms with Crippen LogP contribution in [0.3, 0.4) is 0 Å². The minimum absolute atomic E-state index is 0.296. The third kappa shape index (κ3) is 2.98. The fraction of sp³-hybridized carbons (Fsp3) is 0.500. The van der Waals surface area contributed by atoms with Crippen molar-refractivity contribution in [3.63, 3.8) is 0 Å². The van der Waals surface area contributed by atoms with E-state index in [4.69, 9.17) is 5.26 Å². The Morgan fingerprint density at radius 2 is 2.18 bits per heavy atom. The summed E-state index contributed by atoms with van der Waals surface area (Å²) < 4.78 is 0. The molecule has 2 rings (SSSR count). The molecule has 0 aromatic heterocycles. The Hall–Kier alpha value is -1.53. The number of nitrogens with one attached hydrogen (secondary N) is 1. The maximum atomic E-state index is 9.24. The van der Waals surface area contributed by atoms with Crippen LogP contribution in [0.4, 0.5) is 5.69 Å². The normalized spacial score (nSPS) is 23.3. The molecule has 1 saturated carbocycles. The smallest absolute Gasteiger partial charge is 0.0992 e. The van der Waals surface area contributed by atoms with Crippen molar-refractivity contribution in [3.8, 4) is 6.07 Å². The Balaban J connectivity index is 1.91. The van der Waals surface area contributed by atoms with Crippen LogP contribution < -0.4 is 5.32 Å². The van der Waals surface area contributed by atoms with Crippen LogP contribution in [0.15, 0.2) is 24.3 Å². The number of hydrogen-bond acceptors (Lipinski definition) is 3. The molecule has 0 radical (unpaired) electrons. The van der Waals surface area contributed by atoms with Crippen molar-refractivity contribution >= 4 is 5.69 Å². The zero-order chi connectivity index (χ0) is 12.1. The molecule has 1 aliphatic rings. The highest BCUT2D eigenvalue weighted by Crippen LogP contribution is 2.31. The van der Waals surface area contributed by atoms with E-state index in [9.17, 15) is 5.11 Å². The maximum Gasteiger partial charge on any atom is 0.0992 e. The number of nitrogens with zero attached hydrogens (tertiary/aromatic N) is 1. The van der Waals surface area contributed by atoms with E-state index in [1.807, 2.05) is 18.2 Å². The summed E-state index contributed by atoms with van der Waals surface area (Å²) in [4.78, 5) is 0. The van der Waals surface area contributed by atoms with Crippen molar-refractivity contribution in [3.05, 3.63) is 29.8 Å². The van der Waals surface area contributed by atoms with Gasteiger partial charge >= 0.3 is 0 Å². The van der Waals surface area contributed by atoms with Gasteiger partial charge in [0.2, 0.25) is 0 Å². The lowest BCUT2D eigenvalue weighted by Crippen LogP contribution is -2.20. The Kier molecular flexibility index (Phi) is 4.00. The summed E-state index contributed by atoms with van der Waals surface area (Å²) in [6.45, 7) is 1.19. The van der Waals surface area contributed by atoms with E-state index < -0.39 is 0 Å². The number of rotatable bonds is 4. The lowest BCUT2D eigenvalue weighted by molar-refractivity contribution is 0.199. The van der Waals surface area contributed by atoms with Gasteiger partial charge in [-0.15, -0.1) is 0 Å². The first-order valence-electron chi connectivity index (χ1n) is 6.18. The average Bonchev–Trinajstić information content (AvgIpc) is 2.84. The van der Waals surface area contributed by atoms with Crippen molar-refractivity contribution < 1.29 is 5.11 Å². The molecule has 1 fully saturated rings. The van der Waals surface area contributed by atoms with Gasteiger partial charge in [0.05, 0.1) is 11.6 Å². The number of nitriles is 1. The van der Waals surface area contributed by atoms with Gasteiger partial charge in [-0.1, -0.05) is 12.5 Å². The van der Waals surface area contributed by atoms with Crippen LogP contribution in [0.5, 0.6) is 0 Å². The number of benzene rings is 1. The molecule has 3 heteroatoms. The van der Waals surface area contributed by atoms with Crippen LogP contribution in [-0.4, -0.2) is 18.3 Å². The highest BCUT2D eigenvalue weighted by atomic mass is 16.3. The molecule has 0 amide bonds. The lowest BCUT2D eigenvalue weighted by atomic mass is 9.97.